The van der Waals surface area contributed by atoms with Crippen LogP contribution in [0, 0.1) is 0 Å². The number of carbonyl (C=O) groups excluding carboxylic acids is 1. The Kier molecular flexibility index (Phi) is 6.11. The first-order valence-corrected chi connectivity index (χ1v) is 5.85. The van der Waals surface area contributed by atoms with E-state index in [2.05, 4.69) is 10.1 Å². The van der Waals surface area contributed by atoms with Crippen molar-refractivity contribution in [3.8, 4) is 0 Å². The van der Waals surface area contributed by atoms with Crippen LogP contribution in [0.4, 0.5) is 11.4 Å². The topological polar surface area (TPSA) is 82.8 Å². The number of carbonyl (C=O) groups is 1. The zero-order valence-electron chi connectivity index (χ0n) is 11.4. The van der Waals surface area contributed by atoms with Crippen molar-refractivity contribution in [1.82, 2.24) is 0 Å². The van der Waals surface area contributed by atoms with Crippen molar-refractivity contribution in [1.29, 1.82) is 0 Å². The molecule has 0 aliphatic carbocycles. The molecule has 0 aliphatic rings. The predicted octanol–water partition coefficient (Wildman–Crippen LogP) is 1.13. The predicted molar refractivity (Wildman–Crippen MR) is 73.4 cm³/mol. The molecule has 0 bridgehead atoms. The van der Waals surface area contributed by atoms with E-state index < -0.39 is 5.97 Å². The molecule has 0 spiro atoms. The van der Waals surface area contributed by atoms with Gasteiger partial charge in [0.2, 0.25) is 0 Å². The zero-order valence-corrected chi connectivity index (χ0v) is 11.4. The molecule has 106 valence electrons. The molecule has 1 aromatic rings. The van der Waals surface area contributed by atoms with E-state index >= 15 is 0 Å². The first-order valence-electron chi connectivity index (χ1n) is 5.85. The van der Waals surface area contributed by atoms with Crippen LogP contribution in [0.3, 0.4) is 0 Å². The number of benzene rings is 1. The number of nitrogens with two attached hydrogens (primary N) is 1. The van der Waals surface area contributed by atoms with Gasteiger partial charge >= 0.3 is 5.97 Å². The second kappa shape index (κ2) is 7.60. The third-order valence-electron chi connectivity index (χ3n) is 2.68. The van der Waals surface area contributed by atoms with Crippen LogP contribution in [-0.2, 0) is 14.2 Å². The largest absolute Gasteiger partial charge is 0.465 e. The van der Waals surface area contributed by atoms with Crippen LogP contribution in [0.5, 0.6) is 0 Å². The molecule has 0 radical (unpaired) electrons. The Morgan fingerprint density at radius 1 is 1.37 bits per heavy atom. The van der Waals surface area contributed by atoms with Crippen LogP contribution in [0.2, 0.25) is 0 Å². The van der Waals surface area contributed by atoms with Crippen LogP contribution in [0.25, 0.3) is 0 Å². The molecule has 1 atom stereocenters. The average Bonchev–Trinajstić information content (AvgIpc) is 2.44. The summed E-state index contributed by atoms with van der Waals surface area (Å²) in [6.45, 7) is 1.05. The molecule has 0 heterocycles. The van der Waals surface area contributed by atoms with Gasteiger partial charge in [0.15, 0.2) is 0 Å². The number of esters is 1. The molecule has 0 amide bonds. The summed E-state index contributed by atoms with van der Waals surface area (Å²) in [5, 5.41) is 3.16. The maximum absolute atomic E-state index is 11.5. The van der Waals surface area contributed by atoms with Crippen molar-refractivity contribution in [3.63, 3.8) is 0 Å². The van der Waals surface area contributed by atoms with E-state index in [1.807, 2.05) is 0 Å². The van der Waals surface area contributed by atoms with Crippen molar-refractivity contribution >= 4 is 17.3 Å². The van der Waals surface area contributed by atoms with Crippen molar-refractivity contribution in [3.05, 3.63) is 23.8 Å². The van der Waals surface area contributed by atoms with Gasteiger partial charge in [-0.3, -0.25) is 0 Å². The van der Waals surface area contributed by atoms with E-state index in [-0.39, 0.29) is 6.10 Å². The molecule has 0 aromatic heterocycles. The second-order valence-electron chi connectivity index (χ2n) is 3.99. The molecule has 6 nitrogen and oxygen atoms in total. The fourth-order valence-corrected chi connectivity index (χ4v) is 1.58. The molecule has 19 heavy (non-hydrogen) atoms. The standard InChI is InChI=1S/C13H20N2O4/c1-17-8-10(18-2)7-15-9-4-5-12(14)11(6-9)13(16)19-3/h4-6,10,15H,7-8,14H2,1-3H3. The summed E-state index contributed by atoms with van der Waals surface area (Å²) < 4.78 is 14.9. The van der Waals surface area contributed by atoms with E-state index in [0.717, 1.165) is 5.69 Å². The van der Waals surface area contributed by atoms with Gasteiger partial charge in [0, 0.05) is 32.1 Å². The smallest absolute Gasteiger partial charge is 0.340 e. The molecule has 1 aromatic carbocycles. The van der Waals surface area contributed by atoms with Gasteiger partial charge in [0.25, 0.3) is 0 Å². The highest BCUT2D eigenvalue weighted by Gasteiger charge is 2.11. The minimum Gasteiger partial charge on any atom is -0.465 e. The summed E-state index contributed by atoms with van der Waals surface area (Å²) in [6.07, 6.45) is -0.0656. The van der Waals surface area contributed by atoms with Gasteiger partial charge in [-0.15, -0.1) is 0 Å². The molecule has 0 fully saturated rings. The molecule has 0 aliphatic heterocycles. The Labute approximate surface area is 112 Å². The first-order chi connectivity index (χ1) is 9.12. The fraction of sp³-hybridized carbons (Fsp3) is 0.462. The number of hydrogen-bond acceptors (Lipinski definition) is 6. The van der Waals surface area contributed by atoms with E-state index in [1.165, 1.54) is 7.11 Å². The van der Waals surface area contributed by atoms with Crippen LogP contribution in [0.1, 0.15) is 10.4 Å². The summed E-state index contributed by atoms with van der Waals surface area (Å²) in [6, 6.07) is 5.11. The number of nitrogens with one attached hydrogen (secondary N) is 1. The highest BCUT2D eigenvalue weighted by molar-refractivity contribution is 5.96. The van der Waals surface area contributed by atoms with Crippen molar-refractivity contribution in [2.75, 3.05) is 45.5 Å². The lowest BCUT2D eigenvalue weighted by atomic mass is 10.1. The van der Waals surface area contributed by atoms with Gasteiger partial charge in [-0.2, -0.15) is 0 Å². The summed E-state index contributed by atoms with van der Waals surface area (Å²) >= 11 is 0. The van der Waals surface area contributed by atoms with Crippen molar-refractivity contribution in [2.24, 2.45) is 0 Å². The minimum atomic E-state index is -0.457. The third-order valence-corrected chi connectivity index (χ3v) is 2.68. The van der Waals surface area contributed by atoms with E-state index in [0.29, 0.717) is 24.4 Å². The molecule has 0 saturated carbocycles. The van der Waals surface area contributed by atoms with E-state index in [9.17, 15) is 4.79 Å². The van der Waals surface area contributed by atoms with Crippen LogP contribution >= 0.6 is 0 Å². The van der Waals surface area contributed by atoms with Crippen LogP contribution in [-0.4, -0.2) is 46.6 Å². The fourth-order valence-electron chi connectivity index (χ4n) is 1.58. The summed E-state index contributed by atoms with van der Waals surface area (Å²) in [5.74, 6) is -0.457. The van der Waals surface area contributed by atoms with Gasteiger partial charge < -0.3 is 25.3 Å². The molecule has 3 N–H and O–H groups in total. The van der Waals surface area contributed by atoms with Crippen molar-refractivity contribution < 1.29 is 19.0 Å². The summed E-state index contributed by atoms with van der Waals surface area (Å²) in [7, 11) is 4.56. The van der Waals surface area contributed by atoms with Crippen LogP contribution < -0.4 is 11.1 Å². The lowest BCUT2D eigenvalue weighted by Crippen LogP contribution is -2.26. The first kappa shape index (κ1) is 15.3. The third kappa shape index (κ3) is 4.42. The SMILES string of the molecule is COCC(CNc1ccc(N)c(C(=O)OC)c1)OC. The quantitative estimate of drug-likeness (QED) is 0.570. The van der Waals surface area contributed by atoms with Gasteiger partial charge in [-0.05, 0) is 18.2 Å². The normalized spacial score (nSPS) is 11.9. The second-order valence-corrected chi connectivity index (χ2v) is 3.99. The Balaban J connectivity index is 2.71. The number of anilines is 2. The van der Waals surface area contributed by atoms with Crippen LogP contribution in [0.15, 0.2) is 18.2 Å². The highest BCUT2D eigenvalue weighted by atomic mass is 16.5. The Hall–Kier alpha value is -1.79. The monoisotopic (exact) mass is 268 g/mol. The number of methoxy groups -OCH3 is 3. The Morgan fingerprint density at radius 3 is 2.68 bits per heavy atom. The lowest BCUT2D eigenvalue weighted by Gasteiger charge is -2.16. The number of nitrogen functional groups attached to an aromatic ring is 1. The maximum Gasteiger partial charge on any atom is 0.340 e. The number of ether oxygens (including phenoxy) is 3. The van der Waals surface area contributed by atoms with E-state index in [4.69, 9.17) is 15.2 Å². The molecular formula is C13H20N2O4. The highest BCUT2D eigenvalue weighted by Crippen LogP contribution is 2.18. The minimum absolute atomic E-state index is 0.0656. The van der Waals surface area contributed by atoms with Gasteiger partial charge in [0.1, 0.15) is 0 Å². The summed E-state index contributed by atoms with van der Waals surface area (Å²) in [5.41, 5.74) is 7.22. The molecule has 6 heteroatoms. The Bertz CT molecular complexity index is 423. The van der Waals surface area contributed by atoms with Gasteiger partial charge in [-0.25, -0.2) is 4.79 Å². The van der Waals surface area contributed by atoms with E-state index in [1.54, 1.807) is 32.4 Å². The molecular weight excluding hydrogens is 248 g/mol. The number of hydrogen-bond donors (Lipinski definition) is 2. The zero-order chi connectivity index (χ0) is 14.3. The molecule has 0 saturated heterocycles. The summed E-state index contributed by atoms with van der Waals surface area (Å²) in [4.78, 5) is 11.5. The lowest BCUT2D eigenvalue weighted by molar-refractivity contribution is 0.0365. The number of rotatable bonds is 7. The van der Waals surface area contributed by atoms with Gasteiger partial charge in [0.05, 0.1) is 25.4 Å². The molecule has 1 unspecified atom stereocenters. The Morgan fingerprint density at radius 2 is 2.11 bits per heavy atom. The maximum atomic E-state index is 11.5. The van der Waals surface area contributed by atoms with Gasteiger partial charge in [-0.1, -0.05) is 0 Å². The van der Waals surface area contributed by atoms with Crippen molar-refractivity contribution in [2.45, 2.75) is 6.10 Å². The molecule has 1 rings (SSSR count). The average molecular weight is 268 g/mol.